The first-order chi connectivity index (χ1) is 13.4. The number of carbonyl (C=O) groups excluding carboxylic acids is 1. The predicted octanol–water partition coefficient (Wildman–Crippen LogP) is 4.49. The Morgan fingerprint density at radius 1 is 1.07 bits per heavy atom. The molecule has 0 aliphatic carbocycles. The number of carbonyl (C=O) groups is 1. The number of amides is 1. The van der Waals surface area contributed by atoms with Crippen LogP contribution in [-0.2, 0) is 17.6 Å². The molecule has 1 aromatic heterocycles. The molecule has 0 unspecified atom stereocenters. The third-order valence-corrected chi connectivity index (χ3v) is 5.13. The van der Waals surface area contributed by atoms with Crippen LogP contribution in [0, 0.1) is 6.92 Å². The maximum absolute atomic E-state index is 12.5. The molecule has 2 N–H and O–H groups in total. The van der Waals surface area contributed by atoms with Crippen molar-refractivity contribution in [1.29, 1.82) is 0 Å². The Balaban J connectivity index is 1.75. The fraction of sp³-hybridized carbons (Fsp3) is 0.286. The van der Waals surface area contributed by atoms with Crippen molar-refractivity contribution in [2.24, 2.45) is 0 Å². The highest BCUT2D eigenvalue weighted by Gasteiger charge is 2.22. The fourth-order valence-electron chi connectivity index (χ4n) is 3.18. The first-order valence-corrected chi connectivity index (χ1v) is 9.83. The van der Waals surface area contributed by atoms with Crippen molar-refractivity contribution in [2.75, 3.05) is 0 Å². The molecule has 0 aliphatic heterocycles. The van der Waals surface area contributed by atoms with E-state index in [1.807, 2.05) is 55.5 Å². The third-order valence-electron chi connectivity index (χ3n) is 4.62. The number of hydrogen-bond acceptors (Lipinski definition) is 3. The van der Waals surface area contributed by atoms with E-state index < -0.39 is 0 Å². The van der Waals surface area contributed by atoms with Crippen molar-refractivity contribution >= 4 is 29.1 Å². The highest BCUT2D eigenvalue weighted by atomic mass is 35.5. The van der Waals surface area contributed by atoms with E-state index in [4.69, 9.17) is 23.2 Å². The highest BCUT2D eigenvalue weighted by Crippen LogP contribution is 2.26. The van der Waals surface area contributed by atoms with Gasteiger partial charge in [0.15, 0.2) is 5.82 Å². The Hall–Kier alpha value is -2.37. The molecular weight excluding hydrogens is 395 g/mol. The van der Waals surface area contributed by atoms with Crippen molar-refractivity contribution in [3.05, 3.63) is 81.4 Å². The molecule has 2 aromatic carbocycles. The van der Waals surface area contributed by atoms with E-state index in [-0.39, 0.29) is 24.3 Å². The van der Waals surface area contributed by atoms with E-state index in [1.165, 1.54) is 0 Å². The zero-order valence-electron chi connectivity index (χ0n) is 15.7. The minimum Gasteiger partial charge on any atom is -0.353 e. The maximum atomic E-state index is 12.5. The lowest BCUT2D eigenvalue weighted by atomic mass is 9.86. The Bertz CT molecular complexity index is 922. The standard InChI is InChI=1S/C21H22Cl2N4O/c1-13(24-21(28)12-20-25-14(2)26-27-20)19(16-5-9-18(23)10-6-16)11-15-3-7-17(22)8-4-15/h3-10,13,19H,11-12H2,1-2H3,(H,24,28)(H,25,26,27)/t13-,19+/m1/s1. The van der Waals surface area contributed by atoms with Crippen LogP contribution in [0.3, 0.4) is 0 Å². The molecule has 28 heavy (non-hydrogen) atoms. The van der Waals surface area contributed by atoms with Crippen molar-refractivity contribution in [3.63, 3.8) is 0 Å². The second-order valence-corrected chi connectivity index (χ2v) is 7.73. The molecule has 1 amide bonds. The number of benzene rings is 2. The zero-order valence-corrected chi connectivity index (χ0v) is 17.3. The summed E-state index contributed by atoms with van der Waals surface area (Å²) in [6, 6.07) is 15.4. The second-order valence-electron chi connectivity index (χ2n) is 6.86. The van der Waals surface area contributed by atoms with Gasteiger partial charge < -0.3 is 5.32 Å². The minimum absolute atomic E-state index is 0.0799. The summed E-state index contributed by atoms with van der Waals surface area (Å²) in [5.41, 5.74) is 2.26. The average Bonchev–Trinajstić information content (AvgIpc) is 3.06. The number of nitrogens with zero attached hydrogens (tertiary/aromatic N) is 2. The number of aromatic amines is 1. The van der Waals surface area contributed by atoms with Crippen LogP contribution < -0.4 is 5.32 Å². The molecule has 3 aromatic rings. The summed E-state index contributed by atoms with van der Waals surface area (Å²) < 4.78 is 0. The van der Waals surface area contributed by atoms with Crippen molar-refractivity contribution in [3.8, 4) is 0 Å². The number of aryl methyl sites for hydroxylation is 1. The van der Waals surface area contributed by atoms with Crippen LogP contribution in [0.5, 0.6) is 0 Å². The number of halogens is 2. The van der Waals surface area contributed by atoms with E-state index in [2.05, 4.69) is 20.5 Å². The van der Waals surface area contributed by atoms with Crippen molar-refractivity contribution < 1.29 is 4.79 Å². The molecule has 0 spiro atoms. The normalized spacial score (nSPS) is 13.1. The van der Waals surface area contributed by atoms with Crippen LogP contribution in [0.4, 0.5) is 0 Å². The van der Waals surface area contributed by atoms with Gasteiger partial charge in [-0.3, -0.25) is 9.89 Å². The molecule has 0 radical (unpaired) electrons. The summed E-state index contributed by atoms with van der Waals surface area (Å²) in [4.78, 5) is 16.7. The van der Waals surface area contributed by atoms with E-state index in [1.54, 1.807) is 6.92 Å². The van der Waals surface area contributed by atoms with Crippen LogP contribution in [0.2, 0.25) is 10.0 Å². The van der Waals surface area contributed by atoms with Crippen LogP contribution in [-0.4, -0.2) is 27.1 Å². The second kappa shape index (κ2) is 9.22. The molecule has 0 saturated carbocycles. The summed E-state index contributed by atoms with van der Waals surface area (Å²) in [7, 11) is 0. The van der Waals surface area contributed by atoms with Gasteiger partial charge >= 0.3 is 0 Å². The summed E-state index contributed by atoms with van der Waals surface area (Å²) in [5.74, 6) is 1.15. The highest BCUT2D eigenvalue weighted by molar-refractivity contribution is 6.30. The molecule has 1 heterocycles. The molecule has 0 bridgehead atoms. The molecule has 3 rings (SSSR count). The van der Waals surface area contributed by atoms with E-state index in [0.29, 0.717) is 21.7 Å². The van der Waals surface area contributed by atoms with Gasteiger partial charge in [0.2, 0.25) is 5.91 Å². The van der Waals surface area contributed by atoms with Crippen LogP contribution in [0.15, 0.2) is 48.5 Å². The number of nitrogens with one attached hydrogen (secondary N) is 2. The quantitative estimate of drug-likeness (QED) is 0.595. The Morgan fingerprint density at radius 3 is 2.25 bits per heavy atom. The molecule has 5 nitrogen and oxygen atoms in total. The summed E-state index contributed by atoms with van der Waals surface area (Å²) in [5, 5.41) is 11.3. The van der Waals surface area contributed by atoms with Crippen LogP contribution in [0.25, 0.3) is 0 Å². The van der Waals surface area contributed by atoms with Crippen molar-refractivity contribution in [2.45, 2.75) is 38.6 Å². The summed E-state index contributed by atoms with van der Waals surface area (Å²) in [6.45, 7) is 3.82. The van der Waals surface area contributed by atoms with Gasteiger partial charge in [0.05, 0.1) is 6.42 Å². The van der Waals surface area contributed by atoms with Crippen LogP contribution >= 0.6 is 23.2 Å². The van der Waals surface area contributed by atoms with Gasteiger partial charge in [-0.25, -0.2) is 4.98 Å². The van der Waals surface area contributed by atoms with Gasteiger partial charge in [0, 0.05) is 22.0 Å². The minimum atomic E-state index is -0.110. The largest absolute Gasteiger partial charge is 0.353 e. The fourth-order valence-corrected chi connectivity index (χ4v) is 3.44. The number of aromatic nitrogens is 3. The SMILES string of the molecule is Cc1nc(CC(=O)N[C@H](C)[C@H](Cc2ccc(Cl)cc2)c2ccc(Cl)cc2)n[nH]1. The van der Waals surface area contributed by atoms with Gasteiger partial charge in [-0.1, -0.05) is 47.5 Å². The lowest BCUT2D eigenvalue weighted by Crippen LogP contribution is -2.38. The van der Waals surface area contributed by atoms with Crippen LogP contribution in [0.1, 0.15) is 35.6 Å². The van der Waals surface area contributed by atoms with E-state index in [9.17, 15) is 4.79 Å². The number of hydrogen-bond donors (Lipinski definition) is 2. The molecule has 2 atom stereocenters. The molecule has 0 fully saturated rings. The van der Waals surface area contributed by atoms with Gasteiger partial charge in [-0.15, -0.1) is 0 Å². The lowest BCUT2D eigenvalue weighted by molar-refractivity contribution is -0.121. The van der Waals surface area contributed by atoms with Gasteiger partial charge in [0.25, 0.3) is 0 Å². The molecule has 0 saturated heterocycles. The van der Waals surface area contributed by atoms with Gasteiger partial charge in [-0.2, -0.15) is 5.10 Å². The molecule has 0 aliphatic rings. The molecule has 7 heteroatoms. The first kappa shape index (κ1) is 20.4. The van der Waals surface area contributed by atoms with E-state index >= 15 is 0 Å². The Labute approximate surface area is 174 Å². The summed E-state index contributed by atoms with van der Waals surface area (Å²) in [6.07, 6.45) is 0.906. The Kier molecular flexibility index (Phi) is 6.70. The van der Waals surface area contributed by atoms with Crippen molar-refractivity contribution in [1.82, 2.24) is 20.5 Å². The maximum Gasteiger partial charge on any atom is 0.227 e. The lowest BCUT2D eigenvalue weighted by Gasteiger charge is -2.26. The smallest absolute Gasteiger partial charge is 0.227 e. The zero-order chi connectivity index (χ0) is 20.1. The summed E-state index contributed by atoms with van der Waals surface area (Å²) >= 11 is 12.1. The first-order valence-electron chi connectivity index (χ1n) is 9.08. The monoisotopic (exact) mass is 416 g/mol. The predicted molar refractivity (Wildman–Crippen MR) is 112 cm³/mol. The average molecular weight is 417 g/mol. The number of H-pyrrole nitrogens is 1. The molecular formula is C21H22Cl2N4O. The van der Waals surface area contributed by atoms with Gasteiger partial charge in [-0.05, 0) is 55.7 Å². The Morgan fingerprint density at radius 2 is 1.68 bits per heavy atom. The van der Waals surface area contributed by atoms with Gasteiger partial charge in [0.1, 0.15) is 5.82 Å². The topological polar surface area (TPSA) is 70.7 Å². The van der Waals surface area contributed by atoms with E-state index in [0.717, 1.165) is 17.5 Å². The third kappa shape index (κ3) is 5.57. The molecule has 146 valence electrons. The number of rotatable bonds is 7.